The van der Waals surface area contributed by atoms with Gasteiger partial charge in [-0.1, -0.05) is 39.0 Å². The Hall–Kier alpha value is -3.41. The average molecular weight is 376 g/mol. The maximum absolute atomic E-state index is 12.3. The van der Waals surface area contributed by atoms with Crippen molar-refractivity contribution in [2.45, 2.75) is 26.2 Å². The van der Waals surface area contributed by atoms with Gasteiger partial charge in [-0.05, 0) is 35.2 Å². The van der Waals surface area contributed by atoms with Gasteiger partial charge in [0.15, 0.2) is 0 Å². The second kappa shape index (κ2) is 8.08. The third-order valence-electron chi connectivity index (χ3n) is 4.24. The van der Waals surface area contributed by atoms with Gasteiger partial charge < -0.3 is 15.4 Å². The molecule has 0 aliphatic carbocycles. The third kappa shape index (κ3) is 4.85. The van der Waals surface area contributed by atoms with E-state index in [2.05, 4.69) is 53.5 Å². The molecule has 1 aromatic heterocycles. The van der Waals surface area contributed by atoms with Crippen molar-refractivity contribution in [3.05, 3.63) is 72.2 Å². The summed E-state index contributed by atoms with van der Waals surface area (Å²) >= 11 is 0. The second-order valence-corrected chi connectivity index (χ2v) is 7.43. The van der Waals surface area contributed by atoms with Crippen LogP contribution in [0.2, 0.25) is 0 Å². The van der Waals surface area contributed by atoms with Crippen LogP contribution in [-0.4, -0.2) is 23.0 Å². The number of ether oxygens (including phenoxy) is 1. The first-order valence-corrected chi connectivity index (χ1v) is 9.00. The number of hydrogen-bond acceptors (Lipinski definition) is 5. The molecule has 0 saturated heterocycles. The van der Waals surface area contributed by atoms with Crippen molar-refractivity contribution in [3.63, 3.8) is 0 Å². The van der Waals surface area contributed by atoms with Gasteiger partial charge >= 0.3 is 0 Å². The van der Waals surface area contributed by atoms with Crippen molar-refractivity contribution < 1.29 is 9.53 Å². The molecule has 2 N–H and O–H groups in total. The van der Waals surface area contributed by atoms with E-state index in [1.165, 1.54) is 18.0 Å². The molecule has 0 spiro atoms. The van der Waals surface area contributed by atoms with Crippen LogP contribution in [0.3, 0.4) is 0 Å². The van der Waals surface area contributed by atoms with Crippen LogP contribution in [0.1, 0.15) is 36.8 Å². The normalized spacial score (nSPS) is 11.0. The Morgan fingerprint density at radius 3 is 2.32 bits per heavy atom. The number of hydrogen-bond donors (Lipinski definition) is 2. The van der Waals surface area contributed by atoms with Gasteiger partial charge in [-0.3, -0.25) is 4.79 Å². The molecule has 0 radical (unpaired) electrons. The van der Waals surface area contributed by atoms with E-state index < -0.39 is 0 Å². The zero-order chi connectivity index (χ0) is 20.1. The summed E-state index contributed by atoms with van der Waals surface area (Å²) in [6, 6.07) is 15.3. The number of methoxy groups -OCH3 is 1. The molecule has 6 heteroatoms. The number of amides is 1. The van der Waals surface area contributed by atoms with Crippen LogP contribution >= 0.6 is 0 Å². The van der Waals surface area contributed by atoms with Gasteiger partial charge in [0.25, 0.3) is 5.91 Å². The summed E-state index contributed by atoms with van der Waals surface area (Å²) in [6.07, 6.45) is 2.99. The van der Waals surface area contributed by atoms with E-state index in [9.17, 15) is 4.79 Å². The Morgan fingerprint density at radius 2 is 1.71 bits per heavy atom. The number of benzene rings is 2. The first-order valence-electron chi connectivity index (χ1n) is 9.00. The molecule has 0 fully saturated rings. The molecule has 0 aliphatic heterocycles. The van der Waals surface area contributed by atoms with E-state index in [0.717, 1.165) is 5.69 Å². The minimum Gasteiger partial charge on any atom is -0.497 e. The van der Waals surface area contributed by atoms with Gasteiger partial charge in [-0.15, -0.1) is 0 Å². The molecule has 144 valence electrons. The van der Waals surface area contributed by atoms with Gasteiger partial charge in [-0.25, -0.2) is 9.97 Å². The van der Waals surface area contributed by atoms with E-state index in [-0.39, 0.29) is 17.0 Å². The Kier molecular flexibility index (Phi) is 5.59. The lowest BCUT2D eigenvalue weighted by Crippen LogP contribution is -2.14. The number of nitrogens with zero attached hydrogens (tertiary/aromatic N) is 2. The first kappa shape index (κ1) is 19.4. The Morgan fingerprint density at radius 1 is 0.964 bits per heavy atom. The van der Waals surface area contributed by atoms with Crippen molar-refractivity contribution in [2.75, 3.05) is 17.7 Å². The molecule has 3 rings (SSSR count). The summed E-state index contributed by atoms with van der Waals surface area (Å²) in [4.78, 5) is 20.8. The topological polar surface area (TPSA) is 76.1 Å². The van der Waals surface area contributed by atoms with Crippen LogP contribution in [0.15, 0.2) is 60.9 Å². The summed E-state index contributed by atoms with van der Waals surface area (Å²) in [5, 5.41) is 5.97. The van der Waals surface area contributed by atoms with Crippen molar-refractivity contribution in [1.82, 2.24) is 9.97 Å². The van der Waals surface area contributed by atoms with Crippen LogP contribution in [0.5, 0.6) is 5.75 Å². The number of rotatable bonds is 5. The predicted octanol–water partition coefficient (Wildman–Crippen LogP) is 4.78. The molecule has 3 aromatic rings. The largest absolute Gasteiger partial charge is 0.497 e. The Bertz CT molecular complexity index is 946. The number of aromatic nitrogens is 2. The molecule has 0 saturated carbocycles. The second-order valence-electron chi connectivity index (χ2n) is 7.43. The molecule has 0 bridgehead atoms. The minimum absolute atomic E-state index is 0.107. The summed E-state index contributed by atoms with van der Waals surface area (Å²) < 4.78 is 5.15. The summed E-state index contributed by atoms with van der Waals surface area (Å²) in [5.41, 5.74) is 3.14. The SMILES string of the molecule is COc1cccc(NC(=O)c2cnc(Nc3ccc(C(C)(C)C)cc3)cn2)c1. The van der Waals surface area contributed by atoms with E-state index in [1.807, 2.05) is 18.2 Å². The molecular weight excluding hydrogens is 352 g/mol. The standard InChI is InChI=1S/C22H24N4O2/c1-22(2,3)15-8-10-16(11-9-15)25-20-14-23-19(13-24-20)21(27)26-17-6-5-7-18(12-17)28-4/h5-14H,1-4H3,(H,24,25)(H,26,27). The fourth-order valence-electron chi connectivity index (χ4n) is 2.61. The van der Waals surface area contributed by atoms with Gasteiger partial charge in [0.05, 0.1) is 19.5 Å². The first-order chi connectivity index (χ1) is 13.3. The molecule has 6 nitrogen and oxygen atoms in total. The third-order valence-corrected chi connectivity index (χ3v) is 4.24. The molecule has 2 aromatic carbocycles. The zero-order valence-electron chi connectivity index (χ0n) is 16.5. The predicted molar refractivity (Wildman–Crippen MR) is 111 cm³/mol. The van der Waals surface area contributed by atoms with Gasteiger partial charge in [0.1, 0.15) is 17.3 Å². The minimum atomic E-state index is -0.332. The number of nitrogens with one attached hydrogen (secondary N) is 2. The van der Waals surface area contributed by atoms with Crippen LogP contribution in [0.4, 0.5) is 17.2 Å². The highest BCUT2D eigenvalue weighted by Gasteiger charge is 2.13. The van der Waals surface area contributed by atoms with Crippen molar-refractivity contribution in [2.24, 2.45) is 0 Å². The van der Waals surface area contributed by atoms with Crippen molar-refractivity contribution in [3.8, 4) is 5.75 Å². The molecule has 0 aliphatic rings. The van der Waals surface area contributed by atoms with Crippen LogP contribution in [0.25, 0.3) is 0 Å². The number of carbonyl (C=O) groups excluding carboxylic acids is 1. The molecular formula is C22H24N4O2. The average Bonchev–Trinajstić information content (AvgIpc) is 2.68. The van der Waals surface area contributed by atoms with E-state index in [0.29, 0.717) is 17.3 Å². The van der Waals surface area contributed by atoms with Crippen LogP contribution in [0, 0.1) is 0 Å². The Labute approximate surface area is 165 Å². The van der Waals surface area contributed by atoms with E-state index in [4.69, 9.17) is 4.74 Å². The highest BCUT2D eigenvalue weighted by Crippen LogP contribution is 2.24. The van der Waals surface area contributed by atoms with E-state index in [1.54, 1.807) is 25.3 Å². The van der Waals surface area contributed by atoms with Gasteiger partial charge in [0.2, 0.25) is 0 Å². The molecule has 28 heavy (non-hydrogen) atoms. The van der Waals surface area contributed by atoms with Crippen molar-refractivity contribution >= 4 is 23.1 Å². The molecule has 0 atom stereocenters. The van der Waals surface area contributed by atoms with Crippen LogP contribution < -0.4 is 15.4 Å². The lowest BCUT2D eigenvalue weighted by Gasteiger charge is -2.19. The van der Waals surface area contributed by atoms with Gasteiger partial charge in [0, 0.05) is 17.4 Å². The summed E-state index contributed by atoms with van der Waals surface area (Å²) in [7, 11) is 1.58. The lowest BCUT2D eigenvalue weighted by molar-refractivity contribution is 0.102. The number of anilines is 3. The van der Waals surface area contributed by atoms with E-state index >= 15 is 0 Å². The fraction of sp³-hybridized carbons (Fsp3) is 0.227. The summed E-state index contributed by atoms with van der Waals surface area (Å²) in [5.74, 6) is 0.907. The molecule has 1 heterocycles. The van der Waals surface area contributed by atoms with Crippen LogP contribution in [-0.2, 0) is 5.41 Å². The monoisotopic (exact) mass is 376 g/mol. The maximum Gasteiger partial charge on any atom is 0.275 e. The fourth-order valence-corrected chi connectivity index (χ4v) is 2.61. The number of carbonyl (C=O) groups is 1. The zero-order valence-corrected chi connectivity index (χ0v) is 16.5. The highest BCUT2D eigenvalue weighted by atomic mass is 16.5. The molecule has 1 amide bonds. The highest BCUT2D eigenvalue weighted by molar-refractivity contribution is 6.02. The smallest absolute Gasteiger partial charge is 0.275 e. The van der Waals surface area contributed by atoms with Crippen molar-refractivity contribution in [1.29, 1.82) is 0 Å². The summed E-state index contributed by atoms with van der Waals surface area (Å²) in [6.45, 7) is 6.53. The molecule has 0 unspecified atom stereocenters. The quantitative estimate of drug-likeness (QED) is 0.670. The van der Waals surface area contributed by atoms with Gasteiger partial charge in [-0.2, -0.15) is 0 Å². The Balaban J connectivity index is 1.65. The lowest BCUT2D eigenvalue weighted by atomic mass is 9.87. The maximum atomic E-state index is 12.3.